The van der Waals surface area contributed by atoms with E-state index in [-0.39, 0.29) is 11.9 Å². The number of pyridine rings is 1. The van der Waals surface area contributed by atoms with Gasteiger partial charge in [-0.1, -0.05) is 12.8 Å². The third-order valence-electron chi connectivity index (χ3n) is 2.41. The largest absolute Gasteiger partial charge is 0.323 e. The van der Waals surface area contributed by atoms with Gasteiger partial charge in [0.2, 0.25) is 0 Å². The Morgan fingerprint density at radius 3 is 2.85 bits per heavy atom. The summed E-state index contributed by atoms with van der Waals surface area (Å²) in [6.07, 6.45) is 4.78. The average molecular weight is 180 g/mol. The van der Waals surface area contributed by atoms with Gasteiger partial charge < -0.3 is 5.73 Å². The van der Waals surface area contributed by atoms with Crippen molar-refractivity contribution >= 4 is 0 Å². The lowest BCUT2D eigenvalue weighted by molar-refractivity contribution is 0.573. The van der Waals surface area contributed by atoms with Crippen LogP contribution in [0.2, 0.25) is 0 Å². The molecule has 1 fully saturated rings. The molecule has 1 aliphatic rings. The van der Waals surface area contributed by atoms with Crippen LogP contribution < -0.4 is 5.73 Å². The monoisotopic (exact) mass is 180 g/mol. The number of hydrogen-bond donors (Lipinski definition) is 1. The SMILES string of the molecule is NC(CC1CC1)c1ccc(F)cn1. The fourth-order valence-electron chi connectivity index (χ4n) is 1.44. The molecule has 0 saturated heterocycles. The Bertz CT molecular complexity index is 279. The summed E-state index contributed by atoms with van der Waals surface area (Å²) < 4.78 is 12.5. The normalized spacial score (nSPS) is 18.6. The first-order valence-corrected chi connectivity index (χ1v) is 4.63. The van der Waals surface area contributed by atoms with E-state index < -0.39 is 0 Å². The van der Waals surface area contributed by atoms with Gasteiger partial charge in [0.25, 0.3) is 0 Å². The van der Waals surface area contributed by atoms with Crippen molar-refractivity contribution in [1.29, 1.82) is 0 Å². The predicted molar refractivity (Wildman–Crippen MR) is 48.5 cm³/mol. The van der Waals surface area contributed by atoms with Gasteiger partial charge in [-0.05, 0) is 24.5 Å². The molecule has 1 aromatic rings. The lowest BCUT2D eigenvalue weighted by Gasteiger charge is -2.09. The van der Waals surface area contributed by atoms with Crippen LogP contribution in [-0.2, 0) is 0 Å². The van der Waals surface area contributed by atoms with Crippen LogP contribution in [0, 0.1) is 11.7 Å². The highest BCUT2D eigenvalue weighted by molar-refractivity contribution is 5.09. The first-order chi connectivity index (χ1) is 6.25. The molecular formula is C10H13FN2. The minimum Gasteiger partial charge on any atom is -0.323 e. The molecule has 0 aliphatic heterocycles. The Hall–Kier alpha value is -0.960. The van der Waals surface area contributed by atoms with E-state index in [4.69, 9.17) is 5.73 Å². The maximum absolute atomic E-state index is 12.5. The molecule has 0 radical (unpaired) electrons. The second-order valence-corrected chi connectivity index (χ2v) is 3.69. The lowest BCUT2D eigenvalue weighted by Crippen LogP contribution is -2.12. The van der Waals surface area contributed by atoms with E-state index in [9.17, 15) is 4.39 Å². The molecule has 0 aromatic carbocycles. The third-order valence-corrected chi connectivity index (χ3v) is 2.41. The second-order valence-electron chi connectivity index (χ2n) is 3.69. The van der Waals surface area contributed by atoms with Crippen molar-refractivity contribution in [2.75, 3.05) is 0 Å². The molecule has 2 nitrogen and oxygen atoms in total. The van der Waals surface area contributed by atoms with Crippen molar-refractivity contribution in [3.8, 4) is 0 Å². The highest BCUT2D eigenvalue weighted by Gasteiger charge is 2.24. The van der Waals surface area contributed by atoms with Crippen LogP contribution in [0.25, 0.3) is 0 Å². The topological polar surface area (TPSA) is 38.9 Å². The number of aromatic nitrogens is 1. The van der Waals surface area contributed by atoms with Crippen LogP contribution in [0.15, 0.2) is 18.3 Å². The van der Waals surface area contributed by atoms with Gasteiger partial charge in [0, 0.05) is 6.04 Å². The predicted octanol–water partition coefficient (Wildman–Crippen LogP) is 2.02. The molecule has 1 aromatic heterocycles. The Morgan fingerprint density at radius 2 is 2.31 bits per heavy atom. The van der Waals surface area contributed by atoms with E-state index in [2.05, 4.69) is 4.98 Å². The Morgan fingerprint density at radius 1 is 1.54 bits per heavy atom. The molecule has 1 atom stereocenters. The van der Waals surface area contributed by atoms with Gasteiger partial charge in [-0.25, -0.2) is 4.39 Å². The van der Waals surface area contributed by atoms with E-state index >= 15 is 0 Å². The van der Waals surface area contributed by atoms with Crippen LogP contribution in [0.3, 0.4) is 0 Å². The second kappa shape index (κ2) is 3.42. The summed E-state index contributed by atoms with van der Waals surface area (Å²) in [4.78, 5) is 3.96. The van der Waals surface area contributed by atoms with Gasteiger partial charge in [0.15, 0.2) is 0 Å². The van der Waals surface area contributed by atoms with Crippen LogP contribution in [-0.4, -0.2) is 4.98 Å². The summed E-state index contributed by atoms with van der Waals surface area (Å²) >= 11 is 0. The lowest BCUT2D eigenvalue weighted by atomic mass is 10.1. The summed E-state index contributed by atoms with van der Waals surface area (Å²) in [7, 11) is 0. The zero-order chi connectivity index (χ0) is 9.26. The first kappa shape index (κ1) is 8.63. The molecule has 0 spiro atoms. The fraction of sp³-hybridized carbons (Fsp3) is 0.500. The maximum atomic E-state index is 12.5. The van der Waals surface area contributed by atoms with E-state index in [0.29, 0.717) is 0 Å². The minimum atomic E-state index is -0.303. The highest BCUT2D eigenvalue weighted by atomic mass is 19.1. The molecule has 0 amide bonds. The summed E-state index contributed by atoms with van der Waals surface area (Å²) in [5.41, 5.74) is 6.70. The molecule has 2 rings (SSSR count). The first-order valence-electron chi connectivity index (χ1n) is 4.63. The quantitative estimate of drug-likeness (QED) is 0.772. The minimum absolute atomic E-state index is 0.0203. The zero-order valence-electron chi connectivity index (χ0n) is 7.41. The summed E-state index contributed by atoms with van der Waals surface area (Å²) in [5.74, 6) is 0.476. The van der Waals surface area contributed by atoms with Gasteiger partial charge in [0.1, 0.15) is 5.82 Å². The summed E-state index contributed by atoms with van der Waals surface area (Å²) in [5, 5.41) is 0. The highest BCUT2D eigenvalue weighted by Crippen LogP contribution is 2.36. The number of nitrogens with two attached hydrogens (primary N) is 1. The van der Waals surface area contributed by atoms with Crippen molar-refractivity contribution < 1.29 is 4.39 Å². The number of rotatable bonds is 3. The molecule has 70 valence electrons. The van der Waals surface area contributed by atoms with Gasteiger partial charge in [-0.15, -0.1) is 0 Å². The van der Waals surface area contributed by atoms with Crippen LogP contribution >= 0.6 is 0 Å². The molecule has 1 aliphatic carbocycles. The molecule has 3 heteroatoms. The average Bonchev–Trinajstić information content (AvgIpc) is 2.89. The molecular weight excluding hydrogens is 167 g/mol. The van der Waals surface area contributed by atoms with Crippen LogP contribution in [0.5, 0.6) is 0 Å². The molecule has 2 N–H and O–H groups in total. The Kier molecular flexibility index (Phi) is 2.27. The smallest absolute Gasteiger partial charge is 0.141 e. The van der Waals surface area contributed by atoms with Gasteiger partial charge in [0.05, 0.1) is 11.9 Å². The van der Waals surface area contributed by atoms with Gasteiger partial charge in [-0.3, -0.25) is 4.98 Å². The number of nitrogens with zero attached hydrogens (tertiary/aromatic N) is 1. The van der Waals surface area contributed by atoms with Crippen LogP contribution in [0.1, 0.15) is 31.0 Å². The van der Waals surface area contributed by atoms with Crippen molar-refractivity contribution in [3.63, 3.8) is 0 Å². The molecule has 1 saturated carbocycles. The fourth-order valence-corrected chi connectivity index (χ4v) is 1.44. The van der Waals surface area contributed by atoms with Gasteiger partial charge >= 0.3 is 0 Å². The zero-order valence-corrected chi connectivity index (χ0v) is 7.41. The molecule has 1 heterocycles. The molecule has 1 unspecified atom stereocenters. The number of hydrogen-bond acceptors (Lipinski definition) is 2. The summed E-state index contributed by atoms with van der Waals surface area (Å²) in [6, 6.07) is 3.06. The van der Waals surface area contributed by atoms with Gasteiger partial charge in [-0.2, -0.15) is 0 Å². The summed E-state index contributed by atoms with van der Waals surface area (Å²) in [6.45, 7) is 0. The van der Waals surface area contributed by atoms with Crippen LogP contribution in [0.4, 0.5) is 4.39 Å². The van der Waals surface area contributed by atoms with Crippen molar-refractivity contribution in [2.45, 2.75) is 25.3 Å². The Labute approximate surface area is 77.0 Å². The van der Waals surface area contributed by atoms with Crippen molar-refractivity contribution in [2.24, 2.45) is 11.7 Å². The standard InChI is InChI=1S/C10H13FN2/c11-8-3-4-10(13-6-8)9(12)5-7-1-2-7/h3-4,6-7,9H,1-2,5,12H2. The van der Waals surface area contributed by atoms with E-state index in [1.807, 2.05) is 0 Å². The van der Waals surface area contributed by atoms with E-state index in [1.54, 1.807) is 6.07 Å². The van der Waals surface area contributed by atoms with E-state index in [1.165, 1.54) is 25.1 Å². The van der Waals surface area contributed by atoms with Crippen molar-refractivity contribution in [3.05, 3.63) is 29.8 Å². The number of halogens is 1. The van der Waals surface area contributed by atoms with Crippen molar-refractivity contribution in [1.82, 2.24) is 4.98 Å². The Balaban J connectivity index is 2.01. The molecule has 13 heavy (non-hydrogen) atoms. The van der Waals surface area contributed by atoms with E-state index in [0.717, 1.165) is 18.0 Å². The third kappa shape index (κ3) is 2.25. The maximum Gasteiger partial charge on any atom is 0.141 e. The molecule has 0 bridgehead atoms.